The summed E-state index contributed by atoms with van der Waals surface area (Å²) in [6, 6.07) is 2.15. The maximum absolute atomic E-state index is 11.8. The van der Waals surface area contributed by atoms with Gasteiger partial charge in [-0.25, -0.2) is 0 Å². The highest BCUT2D eigenvalue weighted by Crippen LogP contribution is 2.26. The summed E-state index contributed by atoms with van der Waals surface area (Å²) in [5, 5.41) is 11.8. The molecule has 0 saturated heterocycles. The van der Waals surface area contributed by atoms with Crippen molar-refractivity contribution in [3.63, 3.8) is 0 Å². The van der Waals surface area contributed by atoms with Gasteiger partial charge in [-0.05, 0) is 31.1 Å². The quantitative estimate of drug-likeness (QED) is 0.799. The van der Waals surface area contributed by atoms with Gasteiger partial charge in [0.25, 0.3) is 0 Å². The number of carbonyl (C=O) groups excluding carboxylic acids is 1. The molecule has 17 heavy (non-hydrogen) atoms. The average molecular weight is 238 g/mol. The topological polar surface area (TPSA) is 52.9 Å². The second-order valence-electron chi connectivity index (χ2n) is 6.42. The van der Waals surface area contributed by atoms with E-state index in [0.717, 1.165) is 6.42 Å². The standard InChI is InChI=1S/C14H26N2O/c1-7-14(6,10-15)16-12(17)8-11(2)9-13(3,4)5/h11H,7-9H2,1-6H3,(H,16,17). The fraction of sp³-hybridized carbons (Fsp3) is 0.857. The van der Waals surface area contributed by atoms with Gasteiger partial charge in [-0.2, -0.15) is 5.26 Å². The molecule has 0 aromatic rings. The van der Waals surface area contributed by atoms with Crippen molar-refractivity contribution in [2.24, 2.45) is 11.3 Å². The maximum atomic E-state index is 11.8. The summed E-state index contributed by atoms with van der Waals surface area (Å²) in [5.74, 6) is 0.322. The normalized spacial score (nSPS) is 16.8. The summed E-state index contributed by atoms with van der Waals surface area (Å²) in [7, 11) is 0. The van der Waals surface area contributed by atoms with E-state index in [4.69, 9.17) is 5.26 Å². The molecular formula is C14H26N2O. The molecule has 0 rings (SSSR count). The lowest BCUT2D eigenvalue weighted by atomic mass is 9.84. The van der Waals surface area contributed by atoms with Crippen LogP contribution in [0, 0.1) is 22.7 Å². The summed E-state index contributed by atoms with van der Waals surface area (Å²) in [4.78, 5) is 11.8. The molecule has 0 heterocycles. The summed E-state index contributed by atoms with van der Waals surface area (Å²) in [5.41, 5.74) is -0.485. The molecule has 0 fully saturated rings. The Balaban J connectivity index is 4.25. The van der Waals surface area contributed by atoms with Crippen LogP contribution in [-0.2, 0) is 4.79 Å². The monoisotopic (exact) mass is 238 g/mol. The molecule has 0 radical (unpaired) electrons. The zero-order valence-corrected chi connectivity index (χ0v) is 12.1. The van der Waals surface area contributed by atoms with Crippen molar-refractivity contribution in [1.82, 2.24) is 5.32 Å². The number of hydrogen-bond donors (Lipinski definition) is 1. The van der Waals surface area contributed by atoms with E-state index in [2.05, 4.69) is 39.1 Å². The lowest BCUT2D eigenvalue weighted by Gasteiger charge is -2.25. The number of rotatable bonds is 5. The maximum Gasteiger partial charge on any atom is 0.221 e. The van der Waals surface area contributed by atoms with Gasteiger partial charge in [-0.3, -0.25) is 4.79 Å². The van der Waals surface area contributed by atoms with Gasteiger partial charge in [-0.1, -0.05) is 34.6 Å². The summed E-state index contributed by atoms with van der Waals surface area (Å²) < 4.78 is 0. The van der Waals surface area contributed by atoms with Gasteiger partial charge in [0.05, 0.1) is 6.07 Å². The van der Waals surface area contributed by atoms with Crippen LogP contribution < -0.4 is 5.32 Å². The molecule has 0 bridgehead atoms. The second-order valence-corrected chi connectivity index (χ2v) is 6.42. The molecule has 1 N–H and O–H groups in total. The molecule has 1 amide bonds. The minimum Gasteiger partial charge on any atom is -0.338 e. The number of amides is 1. The fourth-order valence-corrected chi connectivity index (χ4v) is 1.99. The van der Waals surface area contributed by atoms with Gasteiger partial charge in [0.2, 0.25) is 5.91 Å². The van der Waals surface area contributed by atoms with Gasteiger partial charge in [-0.15, -0.1) is 0 Å². The Morgan fingerprint density at radius 2 is 1.88 bits per heavy atom. The van der Waals surface area contributed by atoms with Crippen molar-refractivity contribution >= 4 is 5.91 Å². The van der Waals surface area contributed by atoms with Crippen LogP contribution in [0.15, 0.2) is 0 Å². The summed E-state index contributed by atoms with van der Waals surface area (Å²) in [6.07, 6.45) is 2.13. The van der Waals surface area contributed by atoms with E-state index in [1.165, 1.54) is 0 Å². The Morgan fingerprint density at radius 3 is 2.24 bits per heavy atom. The Morgan fingerprint density at radius 1 is 1.35 bits per heavy atom. The van der Waals surface area contributed by atoms with Crippen LogP contribution in [0.3, 0.4) is 0 Å². The highest BCUT2D eigenvalue weighted by Gasteiger charge is 2.25. The first-order valence-corrected chi connectivity index (χ1v) is 6.34. The number of hydrogen-bond acceptors (Lipinski definition) is 2. The molecule has 3 heteroatoms. The van der Waals surface area contributed by atoms with E-state index in [1.807, 2.05) is 6.92 Å². The zero-order chi connectivity index (χ0) is 13.7. The average Bonchev–Trinajstić information content (AvgIpc) is 2.14. The second kappa shape index (κ2) is 6.05. The molecule has 0 aliphatic carbocycles. The Labute approximate surface area is 106 Å². The minimum atomic E-state index is -0.724. The van der Waals surface area contributed by atoms with E-state index in [1.54, 1.807) is 6.92 Å². The first kappa shape index (κ1) is 16.0. The van der Waals surface area contributed by atoms with Crippen molar-refractivity contribution in [2.75, 3.05) is 0 Å². The predicted molar refractivity (Wildman–Crippen MR) is 70.3 cm³/mol. The van der Waals surface area contributed by atoms with E-state index in [-0.39, 0.29) is 11.3 Å². The molecule has 0 spiro atoms. The molecule has 2 atom stereocenters. The summed E-state index contributed by atoms with van der Waals surface area (Å²) in [6.45, 7) is 12.3. The van der Waals surface area contributed by atoms with Crippen molar-refractivity contribution in [3.8, 4) is 6.07 Å². The lowest BCUT2D eigenvalue weighted by molar-refractivity contribution is -0.123. The Bertz CT molecular complexity index is 298. The number of nitrogens with zero attached hydrogens (tertiary/aromatic N) is 1. The van der Waals surface area contributed by atoms with Crippen LogP contribution in [0.5, 0.6) is 0 Å². The first-order valence-electron chi connectivity index (χ1n) is 6.34. The highest BCUT2D eigenvalue weighted by molar-refractivity contribution is 5.77. The van der Waals surface area contributed by atoms with Crippen LogP contribution in [0.2, 0.25) is 0 Å². The molecule has 3 nitrogen and oxygen atoms in total. The molecule has 0 aliphatic heterocycles. The summed E-state index contributed by atoms with van der Waals surface area (Å²) >= 11 is 0. The van der Waals surface area contributed by atoms with E-state index in [9.17, 15) is 4.79 Å². The van der Waals surface area contributed by atoms with E-state index < -0.39 is 5.54 Å². The van der Waals surface area contributed by atoms with Crippen LogP contribution in [0.4, 0.5) is 0 Å². The third-order valence-corrected chi connectivity index (χ3v) is 2.86. The van der Waals surface area contributed by atoms with E-state index >= 15 is 0 Å². The van der Waals surface area contributed by atoms with E-state index in [0.29, 0.717) is 18.8 Å². The number of carbonyl (C=O) groups is 1. The van der Waals surface area contributed by atoms with Gasteiger partial charge in [0.1, 0.15) is 5.54 Å². The molecule has 0 aromatic heterocycles. The third kappa shape index (κ3) is 6.99. The van der Waals surface area contributed by atoms with Gasteiger partial charge in [0.15, 0.2) is 0 Å². The number of nitriles is 1. The Kier molecular flexibility index (Phi) is 5.68. The number of nitrogens with one attached hydrogen (secondary N) is 1. The lowest BCUT2D eigenvalue weighted by Crippen LogP contribution is -2.44. The first-order chi connectivity index (χ1) is 7.62. The van der Waals surface area contributed by atoms with Crippen LogP contribution in [0.25, 0.3) is 0 Å². The van der Waals surface area contributed by atoms with Gasteiger partial charge < -0.3 is 5.32 Å². The molecule has 0 aromatic carbocycles. The minimum absolute atomic E-state index is 0.0207. The fourth-order valence-electron chi connectivity index (χ4n) is 1.99. The van der Waals surface area contributed by atoms with Crippen molar-refractivity contribution in [2.45, 2.75) is 66.3 Å². The van der Waals surface area contributed by atoms with Crippen molar-refractivity contribution < 1.29 is 4.79 Å². The molecule has 2 unspecified atom stereocenters. The van der Waals surface area contributed by atoms with Gasteiger partial charge >= 0.3 is 0 Å². The highest BCUT2D eigenvalue weighted by atomic mass is 16.1. The third-order valence-electron chi connectivity index (χ3n) is 2.86. The SMILES string of the molecule is CCC(C)(C#N)NC(=O)CC(C)CC(C)(C)C. The van der Waals surface area contributed by atoms with Crippen LogP contribution in [-0.4, -0.2) is 11.4 Å². The zero-order valence-electron chi connectivity index (χ0n) is 12.1. The Hall–Kier alpha value is -1.04. The van der Waals surface area contributed by atoms with Crippen molar-refractivity contribution in [3.05, 3.63) is 0 Å². The van der Waals surface area contributed by atoms with Crippen LogP contribution in [0.1, 0.15) is 60.8 Å². The largest absolute Gasteiger partial charge is 0.338 e. The molecule has 98 valence electrons. The smallest absolute Gasteiger partial charge is 0.221 e. The van der Waals surface area contributed by atoms with Gasteiger partial charge in [0, 0.05) is 6.42 Å². The molecular weight excluding hydrogens is 212 g/mol. The molecule has 0 aliphatic rings. The van der Waals surface area contributed by atoms with Crippen molar-refractivity contribution in [1.29, 1.82) is 5.26 Å². The van der Waals surface area contributed by atoms with Crippen LogP contribution >= 0.6 is 0 Å². The molecule has 0 saturated carbocycles. The predicted octanol–water partition coefficient (Wildman–Crippen LogP) is 3.26.